The van der Waals surface area contributed by atoms with E-state index in [2.05, 4.69) is 72.5 Å². The van der Waals surface area contributed by atoms with Crippen molar-refractivity contribution in [1.82, 2.24) is 5.43 Å². The molecule has 2 aromatic carbocycles. The Kier molecular flexibility index (Phi) is 4.40. The van der Waals surface area contributed by atoms with Crippen LogP contribution in [0.4, 0.5) is 0 Å². The molecule has 2 nitrogen and oxygen atoms in total. The molecule has 0 saturated carbocycles. The van der Waals surface area contributed by atoms with Gasteiger partial charge < -0.3 is 0 Å². The first-order chi connectivity index (χ1) is 9.02. The topological polar surface area (TPSA) is 38.0 Å². The van der Waals surface area contributed by atoms with Crippen LogP contribution in [0, 0.1) is 20.8 Å². The molecule has 0 fully saturated rings. The van der Waals surface area contributed by atoms with E-state index in [4.69, 9.17) is 5.84 Å². The lowest BCUT2D eigenvalue weighted by Gasteiger charge is -2.20. The van der Waals surface area contributed by atoms with Crippen molar-refractivity contribution in [2.45, 2.75) is 26.8 Å². The number of hydrogen-bond donors (Lipinski definition) is 2. The summed E-state index contributed by atoms with van der Waals surface area (Å²) in [6, 6.07) is 12.8. The number of hydrogen-bond acceptors (Lipinski definition) is 2. The molecule has 1 atom stereocenters. The van der Waals surface area contributed by atoms with Crippen molar-refractivity contribution in [1.29, 1.82) is 0 Å². The van der Waals surface area contributed by atoms with Crippen molar-refractivity contribution in [2.75, 3.05) is 0 Å². The van der Waals surface area contributed by atoms with Gasteiger partial charge in [-0.25, -0.2) is 5.43 Å². The largest absolute Gasteiger partial charge is 0.271 e. The van der Waals surface area contributed by atoms with Crippen LogP contribution in [0.1, 0.15) is 33.9 Å². The summed E-state index contributed by atoms with van der Waals surface area (Å²) in [5.41, 5.74) is 9.12. The molecule has 3 N–H and O–H groups in total. The van der Waals surface area contributed by atoms with E-state index >= 15 is 0 Å². The van der Waals surface area contributed by atoms with E-state index < -0.39 is 0 Å². The first kappa shape index (κ1) is 14.3. The maximum atomic E-state index is 5.77. The highest BCUT2D eigenvalue weighted by Gasteiger charge is 2.15. The van der Waals surface area contributed by atoms with E-state index in [1.807, 2.05) is 6.07 Å². The maximum Gasteiger partial charge on any atom is 0.0712 e. The summed E-state index contributed by atoms with van der Waals surface area (Å²) in [5.74, 6) is 5.77. The lowest BCUT2D eigenvalue weighted by molar-refractivity contribution is 0.633. The van der Waals surface area contributed by atoms with Crippen LogP contribution in [-0.4, -0.2) is 0 Å². The molecule has 0 bridgehead atoms. The minimum absolute atomic E-state index is 0.0207. The summed E-state index contributed by atoms with van der Waals surface area (Å²) < 4.78 is 1.09. The van der Waals surface area contributed by atoms with Gasteiger partial charge in [0, 0.05) is 4.47 Å². The number of aryl methyl sites for hydroxylation is 3. The molecule has 3 heteroatoms. The van der Waals surface area contributed by atoms with Crippen LogP contribution in [0.5, 0.6) is 0 Å². The van der Waals surface area contributed by atoms with Crippen molar-refractivity contribution in [3.63, 3.8) is 0 Å². The number of hydrazine groups is 1. The molecule has 0 aliphatic carbocycles. The molecule has 1 unspecified atom stereocenters. The molecule has 0 aliphatic rings. The summed E-state index contributed by atoms with van der Waals surface area (Å²) >= 11 is 3.49. The van der Waals surface area contributed by atoms with Crippen LogP contribution in [0.15, 0.2) is 40.9 Å². The van der Waals surface area contributed by atoms with Gasteiger partial charge in [-0.05, 0) is 60.7 Å². The molecule has 2 aromatic rings. The zero-order chi connectivity index (χ0) is 14.0. The minimum Gasteiger partial charge on any atom is -0.271 e. The highest BCUT2D eigenvalue weighted by atomic mass is 79.9. The molecule has 0 amide bonds. The first-order valence-electron chi connectivity index (χ1n) is 6.32. The van der Waals surface area contributed by atoms with Crippen LogP contribution >= 0.6 is 15.9 Å². The molecule has 0 saturated heterocycles. The molecule has 0 radical (unpaired) electrons. The molecular formula is C16H19BrN2. The zero-order valence-corrected chi connectivity index (χ0v) is 13.1. The van der Waals surface area contributed by atoms with Crippen LogP contribution in [0.3, 0.4) is 0 Å². The van der Waals surface area contributed by atoms with E-state index in [0.717, 1.165) is 4.47 Å². The van der Waals surface area contributed by atoms with Gasteiger partial charge in [0.1, 0.15) is 0 Å². The Morgan fingerprint density at radius 3 is 2.26 bits per heavy atom. The Bertz CT molecular complexity index is 593. The third-order valence-electron chi connectivity index (χ3n) is 3.57. The summed E-state index contributed by atoms with van der Waals surface area (Å²) in [7, 11) is 0. The highest BCUT2D eigenvalue weighted by Crippen LogP contribution is 2.27. The lowest BCUT2D eigenvalue weighted by atomic mass is 9.93. The highest BCUT2D eigenvalue weighted by molar-refractivity contribution is 9.10. The van der Waals surface area contributed by atoms with Crippen LogP contribution in [0.25, 0.3) is 0 Å². The zero-order valence-electron chi connectivity index (χ0n) is 11.5. The van der Waals surface area contributed by atoms with E-state index in [-0.39, 0.29) is 6.04 Å². The van der Waals surface area contributed by atoms with E-state index in [1.165, 1.54) is 27.8 Å². The molecule has 0 spiro atoms. The molecule has 0 heterocycles. The first-order valence-corrected chi connectivity index (χ1v) is 7.11. The van der Waals surface area contributed by atoms with Crippen molar-refractivity contribution in [3.05, 3.63) is 68.7 Å². The van der Waals surface area contributed by atoms with Gasteiger partial charge in [0.15, 0.2) is 0 Å². The third kappa shape index (κ3) is 3.06. The predicted molar refractivity (Wildman–Crippen MR) is 84.0 cm³/mol. The number of rotatable bonds is 3. The average molecular weight is 319 g/mol. The van der Waals surface area contributed by atoms with E-state index in [0.29, 0.717) is 0 Å². The second-order valence-electron chi connectivity index (χ2n) is 4.94. The second-order valence-corrected chi connectivity index (χ2v) is 5.86. The van der Waals surface area contributed by atoms with Crippen molar-refractivity contribution >= 4 is 15.9 Å². The Balaban J connectivity index is 2.46. The van der Waals surface area contributed by atoms with Gasteiger partial charge in [0.2, 0.25) is 0 Å². The van der Waals surface area contributed by atoms with E-state index in [1.54, 1.807) is 0 Å². The third-order valence-corrected chi connectivity index (χ3v) is 4.07. The monoisotopic (exact) mass is 318 g/mol. The number of nitrogens with two attached hydrogens (primary N) is 1. The maximum absolute atomic E-state index is 5.77. The Morgan fingerprint density at radius 1 is 0.947 bits per heavy atom. The van der Waals surface area contributed by atoms with Crippen LogP contribution in [0.2, 0.25) is 0 Å². The molecule has 100 valence electrons. The predicted octanol–water partition coefficient (Wildman–Crippen LogP) is 3.93. The Hall–Kier alpha value is -1.16. The molecular weight excluding hydrogens is 300 g/mol. The standard InChI is InChI=1S/C16H19BrN2/c1-10-4-5-13(8-11(10)2)16(19-18)15-7-6-14(17)9-12(15)3/h4-9,16,19H,18H2,1-3H3. The quantitative estimate of drug-likeness (QED) is 0.664. The van der Waals surface area contributed by atoms with Crippen molar-refractivity contribution < 1.29 is 0 Å². The molecule has 0 aromatic heterocycles. The lowest BCUT2D eigenvalue weighted by Crippen LogP contribution is -2.29. The van der Waals surface area contributed by atoms with Gasteiger partial charge >= 0.3 is 0 Å². The molecule has 19 heavy (non-hydrogen) atoms. The van der Waals surface area contributed by atoms with E-state index in [9.17, 15) is 0 Å². The van der Waals surface area contributed by atoms with Gasteiger partial charge in [-0.15, -0.1) is 0 Å². The molecule has 0 aliphatic heterocycles. The van der Waals surface area contributed by atoms with Gasteiger partial charge in [-0.3, -0.25) is 5.84 Å². The van der Waals surface area contributed by atoms with Gasteiger partial charge in [-0.1, -0.05) is 40.2 Å². The Labute approximate surface area is 123 Å². The fourth-order valence-corrected chi connectivity index (χ4v) is 2.75. The Morgan fingerprint density at radius 2 is 1.68 bits per heavy atom. The molecule has 2 rings (SSSR count). The normalized spacial score (nSPS) is 12.5. The van der Waals surface area contributed by atoms with Crippen LogP contribution < -0.4 is 11.3 Å². The number of benzene rings is 2. The van der Waals surface area contributed by atoms with Gasteiger partial charge in [-0.2, -0.15) is 0 Å². The fraction of sp³-hybridized carbons (Fsp3) is 0.250. The van der Waals surface area contributed by atoms with Crippen molar-refractivity contribution in [2.24, 2.45) is 5.84 Å². The van der Waals surface area contributed by atoms with Crippen LogP contribution in [-0.2, 0) is 0 Å². The minimum atomic E-state index is 0.0207. The van der Waals surface area contributed by atoms with Gasteiger partial charge in [0.25, 0.3) is 0 Å². The average Bonchev–Trinajstić information content (AvgIpc) is 2.37. The van der Waals surface area contributed by atoms with Crippen molar-refractivity contribution in [3.8, 4) is 0 Å². The fourth-order valence-electron chi connectivity index (χ4n) is 2.27. The SMILES string of the molecule is Cc1ccc(C(NN)c2ccc(Br)cc2C)cc1C. The number of halogens is 1. The summed E-state index contributed by atoms with van der Waals surface area (Å²) in [6.07, 6.45) is 0. The summed E-state index contributed by atoms with van der Waals surface area (Å²) in [6.45, 7) is 6.35. The van der Waals surface area contributed by atoms with Gasteiger partial charge in [0.05, 0.1) is 6.04 Å². The summed E-state index contributed by atoms with van der Waals surface area (Å²) in [5, 5.41) is 0. The second kappa shape index (κ2) is 5.87. The smallest absolute Gasteiger partial charge is 0.0712 e. The summed E-state index contributed by atoms with van der Waals surface area (Å²) in [4.78, 5) is 0. The number of nitrogens with one attached hydrogen (secondary N) is 1.